The molecule has 0 aliphatic heterocycles. The van der Waals surface area contributed by atoms with Crippen LogP contribution >= 0.6 is 23.2 Å². The Morgan fingerprint density at radius 3 is 2.43 bits per heavy atom. The molecule has 1 unspecified atom stereocenters. The van der Waals surface area contributed by atoms with Crippen LogP contribution < -0.4 is 10.1 Å². The molecule has 2 aromatic carbocycles. The van der Waals surface area contributed by atoms with Crippen molar-refractivity contribution >= 4 is 23.2 Å². The van der Waals surface area contributed by atoms with E-state index < -0.39 is 0 Å². The molecule has 0 saturated carbocycles. The Labute approximate surface area is 136 Å². The molecule has 0 saturated heterocycles. The van der Waals surface area contributed by atoms with Crippen LogP contribution in [0.15, 0.2) is 42.5 Å². The third-order valence-electron chi connectivity index (χ3n) is 3.54. The van der Waals surface area contributed by atoms with Gasteiger partial charge >= 0.3 is 0 Å². The van der Waals surface area contributed by atoms with Crippen molar-refractivity contribution in [1.29, 1.82) is 0 Å². The van der Waals surface area contributed by atoms with Gasteiger partial charge < -0.3 is 10.1 Å². The summed E-state index contributed by atoms with van der Waals surface area (Å²) in [6, 6.07) is 13.9. The van der Waals surface area contributed by atoms with Crippen LogP contribution in [0, 0.1) is 0 Å². The molecule has 0 aliphatic rings. The molecule has 0 bridgehead atoms. The summed E-state index contributed by atoms with van der Waals surface area (Å²) < 4.78 is 5.41. The van der Waals surface area contributed by atoms with Gasteiger partial charge in [0, 0.05) is 16.1 Å². The van der Waals surface area contributed by atoms with Crippen LogP contribution in [-0.2, 0) is 12.8 Å². The van der Waals surface area contributed by atoms with Crippen molar-refractivity contribution < 1.29 is 4.74 Å². The Morgan fingerprint density at radius 1 is 1.05 bits per heavy atom. The highest BCUT2D eigenvalue weighted by Gasteiger charge is 2.13. The molecule has 1 atom stereocenters. The van der Waals surface area contributed by atoms with Crippen molar-refractivity contribution in [3.8, 4) is 5.75 Å². The average Bonchev–Trinajstić information content (AvgIpc) is 2.49. The second-order valence-corrected chi connectivity index (χ2v) is 5.79. The second-order valence-electron chi connectivity index (χ2n) is 4.94. The zero-order valence-corrected chi connectivity index (χ0v) is 13.7. The third-order valence-corrected chi connectivity index (χ3v) is 4.14. The van der Waals surface area contributed by atoms with Crippen molar-refractivity contribution in [2.45, 2.75) is 18.9 Å². The Balaban J connectivity index is 2.16. The molecular weight excluding hydrogens is 305 g/mol. The topological polar surface area (TPSA) is 21.3 Å². The van der Waals surface area contributed by atoms with E-state index in [9.17, 15) is 0 Å². The molecule has 2 rings (SSSR count). The van der Waals surface area contributed by atoms with Crippen LogP contribution in [0.4, 0.5) is 0 Å². The average molecular weight is 324 g/mol. The van der Waals surface area contributed by atoms with Gasteiger partial charge in [0.15, 0.2) is 0 Å². The normalized spacial score (nSPS) is 12.2. The number of likely N-dealkylation sites (N-methyl/N-ethyl adjacent to an activating group) is 1. The van der Waals surface area contributed by atoms with E-state index in [1.54, 1.807) is 7.11 Å². The molecule has 0 aromatic heterocycles. The van der Waals surface area contributed by atoms with Crippen molar-refractivity contribution in [3.63, 3.8) is 0 Å². The van der Waals surface area contributed by atoms with Crippen LogP contribution in [0.2, 0.25) is 10.0 Å². The van der Waals surface area contributed by atoms with Gasteiger partial charge in [-0.3, -0.25) is 0 Å². The zero-order chi connectivity index (χ0) is 15.2. The minimum Gasteiger partial charge on any atom is -0.496 e. The van der Waals surface area contributed by atoms with Gasteiger partial charge in [-0.2, -0.15) is 0 Å². The third kappa shape index (κ3) is 4.37. The SMILES string of the molecule is CNC(Cc1ccccc1Cl)Cc1cc(Cl)ccc1OC. The van der Waals surface area contributed by atoms with E-state index in [2.05, 4.69) is 11.4 Å². The first kappa shape index (κ1) is 16.2. The number of ether oxygens (including phenoxy) is 1. The first-order valence-electron chi connectivity index (χ1n) is 6.87. The standard InChI is InChI=1S/C17H19Cl2NO/c1-20-15(10-12-5-3-4-6-16(12)19)11-13-9-14(18)7-8-17(13)21-2/h3-9,15,20H,10-11H2,1-2H3. The number of hydrogen-bond acceptors (Lipinski definition) is 2. The maximum Gasteiger partial charge on any atom is 0.122 e. The minimum absolute atomic E-state index is 0.261. The van der Waals surface area contributed by atoms with Crippen LogP contribution in [0.25, 0.3) is 0 Å². The summed E-state index contributed by atoms with van der Waals surface area (Å²) in [6.45, 7) is 0. The minimum atomic E-state index is 0.261. The number of hydrogen-bond donors (Lipinski definition) is 1. The van der Waals surface area contributed by atoms with Gasteiger partial charge in [0.25, 0.3) is 0 Å². The summed E-state index contributed by atoms with van der Waals surface area (Å²) >= 11 is 12.3. The van der Waals surface area contributed by atoms with Gasteiger partial charge in [0.1, 0.15) is 5.75 Å². The van der Waals surface area contributed by atoms with E-state index in [0.29, 0.717) is 0 Å². The fourth-order valence-corrected chi connectivity index (χ4v) is 2.79. The maximum absolute atomic E-state index is 6.24. The lowest BCUT2D eigenvalue weighted by atomic mass is 9.98. The highest BCUT2D eigenvalue weighted by atomic mass is 35.5. The summed E-state index contributed by atoms with van der Waals surface area (Å²) in [6.07, 6.45) is 1.68. The van der Waals surface area contributed by atoms with Crippen molar-refractivity contribution in [1.82, 2.24) is 5.32 Å². The number of benzene rings is 2. The molecule has 2 nitrogen and oxygen atoms in total. The van der Waals surface area contributed by atoms with Crippen LogP contribution in [0.3, 0.4) is 0 Å². The van der Waals surface area contributed by atoms with E-state index in [0.717, 1.165) is 39.8 Å². The highest BCUT2D eigenvalue weighted by Crippen LogP contribution is 2.25. The monoisotopic (exact) mass is 323 g/mol. The summed E-state index contributed by atoms with van der Waals surface area (Å²) in [5.74, 6) is 0.860. The lowest BCUT2D eigenvalue weighted by Crippen LogP contribution is -2.30. The lowest BCUT2D eigenvalue weighted by Gasteiger charge is -2.19. The van der Waals surface area contributed by atoms with Gasteiger partial charge in [-0.1, -0.05) is 41.4 Å². The van der Waals surface area contributed by atoms with Gasteiger partial charge in [-0.05, 0) is 55.3 Å². The molecule has 0 radical (unpaired) electrons. The highest BCUT2D eigenvalue weighted by molar-refractivity contribution is 6.31. The molecule has 0 fully saturated rings. The van der Waals surface area contributed by atoms with Crippen LogP contribution in [0.5, 0.6) is 5.75 Å². The molecule has 112 valence electrons. The molecular formula is C17H19Cl2NO. The number of rotatable bonds is 6. The van der Waals surface area contributed by atoms with Crippen molar-refractivity contribution in [2.24, 2.45) is 0 Å². The Bertz CT molecular complexity index is 601. The number of halogens is 2. The van der Waals surface area contributed by atoms with E-state index in [-0.39, 0.29) is 6.04 Å². The Hall–Kier alpha value is -1.22. The molecule has 0 aliphatic carbocycles. The molecule has 1 N–H and O–H groups in total. The van der Waals surface area contributed by atoms with E-state index in [1.165, 1.54) is 0 Å². The van der Waals surface area contributed by atoms with E-state index >= 15 is 0 Å². The molecule has 0 heterocycles. The molecule has 4 heteroatoms. The first-order chi connectivity index (χ1) is 10.1. The van der Waals surface area contributed by atoms with E-state index in [1.807, 2.05) is 43.4 Å². The van der Waals surface area contributed by atoms with Gasteiger partial charge in [-0.25, -0.2) is 0 Å². The molecule has 21 heavy (non-hydrogen) atoms. The predicted octanol–water partition coefficient (Wildman–Crippen LogP) is 4.38. The Morgan fingerprint density at radius 2 is 1.76 bits per heavy atom. The summed E-state index contributed by atoms with van der Waals surface area (Å²) in [5, 5.41) is 4.86. The molecule has 2 aromatic rings. The second kappa shape index (κ2) is 7.69. The van der Waals surface area contributed by atoms with Crippen LogP contribution in [0.1, 0.15) is 11.1 Å². The smallest absolute Gasteiger partial charge is 0.122 e. The van der Waals surface area contributed by atoms with Crippen molar-refractivity contribution in [3.05, 3.63) is 63.6 Å². The van der Waals surface area contributed by atoms with E-state index in [4.69, 9.17) is 27.9 Å². The number of nitrogens with one attached hydrogen (secondary N) is 1. The van der Waals surface area contributed by atoms with Gasteiger partial charge in [0.2, 0.25) is 0 Å². The van der Waals surface area contributed by atoms with Gasteiger partial charge in [-0.15, -0.1) is 0 Å². The fraction of sp³-hybridized carbons (Fsp3) is 0.294. The fourth-order valence-electron chi connectivity index (χ4n) is 2.38. The first-order valence-corrected chi connectivity index (χ1v) is 7.62. The van der Waals surface area contributed by atoms with Crippen LogP contribution in [-0.4, -0.2) is 20.2 Å². The lowest BCUT2D eigenvalue weighted by molar-refractivity contribution is 0.406. The summed E-state index contributed by atoms with van der Waals surface area (Å²) in [7, 11) is 3.63. The molecule has 0 spiro atoms. The predicted molar refractivity (Wildman–Crippen MR) is 89.7 cm³/mol. The maximum atomic E-state index is 6.24. The largest absolute Gasteiger partial charge is 0.496 e. The Kier molecular flexibility index (Phi) is 5.92. The summed E-state index contributed by atoms with van der Waals surface area (Å²) in [4.78, 5) is 0. The zero-order valence-electron chi connectivity index (χ0n) is 12.2. The quantitative estimate of drug-likeness (QED) is 0.852. The molecule has 0 amide bonds. The summed E-state index contributed by atoms with van der Waals surface area (Å²) in [5.41, 5.74) is 2.23. The number of methoxy groups -OCH3 is 1. The van der Waals surface area contributed by atoms with Gasteiger partial charge in [0.05, 0.1) is 7.11 Å². The van der Waals surface area contributed by atoms with Crippen molar-refractivity contribution in [2.75, 3.05) is 14.2 Å².